The van der Waals surface area contributed by atoms with E-state index in [-0.39, 0.29) is 0 Å². The molecule has 5 heteroatoms. The van der Waals surface area contributed by atoms with Crippen molar-refractivity contribution in [2.75, 3.05) is 0 Å². The number of hydrazone groups is 1. The second-order valence-electron chi connectivity index (χ2n) is 7.87. The highest BCUT2D eigenvalue weighted by Gasteiger charge is 2.65. The lowest BCUT2D eigenvalue weighted by Crippen LogP contribution is -2.26. The first-order chi connectivity index (χ1) is 11.0. The van der Waals surface area contributed by atoms with Gasteiger partial charge in [0.2, 0.25) is 0 Å². The van der Waals surface area contributed by atoms with Crippen molar-refractivity contribution in [3.63, 3.8) is 0 Å². The summed E-state index contributed by atoms with van der Waals surface area (Å²) >= 11 is 0. The zero-order valence-corrected chi connectivity index (χ0v) is 14.1. The monoisotopic (exact) mass is 330 g/mol. The summed E-state index contributed by atoms with van der Waals surface area (Å²) in [5.41, 5.74) is 2.18. The zero-order chi connectivity index (χ0) is 15.8. The van der Waals surface area contributed by atoms with Crippen molar-refractivity contribution in [2.24, 2.45) is 40.6 Å². The van der Waals surface area contributed by atoms with Crippen molar-refractivity contribution in [3.05, 3.63) is 29.8 Å². The number of aryl methyl sites for hydroxylation is 1. The number of nitrogens with zero attached hydrogens (tertiary/aromatic N) is 1. The van der Waals surface area contributed by atoms with Crippen LogP contribution in [0.2, 0.25) is 0 Å². The van der Waals surface area contributed by atoms with Crippen LogP contribution in [0.1, 0.15) is 31.2 Å². The van der Waals surface area contributed by atoms with Gasteiger partial charge in [0.1, 0.15) is 0 Å². The van der Waals surface area contributed by atoms with Gasteiger partial charge in [-0.3, -0.25) is 0 Å². The molecule has 0 spiro atoms. The summed E-state index contributed by atoms with van der Waals surface area (Å²) < 4.78 is 24.9. The highest BCUT2D eigenvalue weighted by Crippen LogP contribution is 2.69. The summed E-state index contributed by atoms with van der Waals surface area (Å²) in [6.45, 7) is 1.95. The van der Waals surface area contributed by atoms with E-state index in [1.165, 1.54) is 19.3 Å². The lowest BCUT2D eigenvalue weighted by atomic mass is 9.80. The van der Waals surface area contributed by atoms with Gasteiger partial charge in [-0.1, -0.05) is 17.7 Å². The molecular weight excluding hydrogens is 308 g/mol. The smallest absolute Gasteiger partial charge is 0.200 e. The van der Waals surface area contributed by atoms with Crippen LogP contribution in [0.5, 0.6) is 0 Å². The van der Waals surface area contributed by atoms with Gasteiger partial charge in [-0.2, -0.15) is 13.5 Å². The van der Waals surface area contributed by atoms with Crippen LogP contribution in [-0.4, -0.2) is 14.1 Å². The van der Waals surface area contributed by atoms with Crippen LogP contribution in [0.25, 0.3) is 0 Å². The van der Waals surface area contributed by atoms with E-state index in [4.69, 9.17) is 0 Å². The van der Waals surface area contributed by atoms with Crippen LogP contribution in [-0.2, 0) is 10.0 Å². The standard InChI is InChI=1S/C18H22N2O2S/c1-10-2-4-11(5-3-10)23(21,22)20-19-17-9-15-12-6-7-13-14(12)8-16(15)18(13)17/h2-5,12-16,18,20H,6-9H2,1H3/b19-17+/t12-,13-,14-,15-,16+,18-/m1/s1. The molecule has 23 heavy (non-hydrogen) atoms. The average molecular weight is 330 g/mol. The van der Waals surface area contributed by atoms with E-state index in [0.29, 0.717) is 10.8 Å². The number of hydrogen-bond donors (Lipinski definition) is 1. The number of hydrogen-bond acceptors (Lipinski definition) is 3. The van der Waals surface area contributed by atoms with Gasteiger partial charge in [0.15, 0.2) is 0 Å². The van der Waals surface area contributed by atoms with E-state index >= 15 is 0 Å². The first kappa shape index (κ1) is 14.0. The van der Waals surface area contributed by atoms with E-state index in [1.807, 2.05) is 19.1 Å². The summed E-state index contributed by atoms with van der Waals surface area (Å²) in [5, 5.41) is 4.41. The molecular formula is C18H22N2O2S. The van der Waals surface area contributed by atoms with E-state index in [0.717, 1.165) is 47.3 Å². The highest BCUT2D eigenvalue weighted by atomic mass is 32.2. The third-order valence-corrected chi connectivity index (χ3v) is 8.19. The van der Waals surface area contributed by atoms with Crippen molar-refractivity contribution in [1.82, 2.24) is 4.83 Å². The van der Waals surface area contributed by atoms with Crippen molar-refractivity contribution >= 4 is 15.7 Å². The molecule has 2 bridgehead atoms. The maximum Gasteiger partial charge on any atom is 0.276 e. The van der Waals surface area contributed by atoms with Gasteiger partial charge in [0.25, 0.3) is 10.0 Å². The lowest BCUT2D eigenvalue weighted by molar-refractivity contribution is 0.235. The Labute approximate surface area is 137 Å². The Morgan fingerprint density at radius 3 is 2.52 bits per heavy atom. The molecule has 122 valence electrons. The molecule has 0 heterocycles. The summed E-state index contributed by atoms with van der Waals surface area (Å²) in [7, 11) is -3.55. The number of benzene rings is 1. The third kappa shape index (κ3) is 1.89. The quantitative estimate of drug-likeness (QED) is 0.866. The van der Waals surface area contributed by atoms with Crippen LogP contribution in [0.3, 0.4) is 0 Å². The fraction of sp³-hybridized carbons (Fsp3) is 0.611. The molecule has 0 amide bonds. The van der Waals surface area contributed by atoms with Gasteiger partial charge < -0.3 is 0 Å². The van der Waals surface area contributed by atoms with Crippen molar-refractivity contribution in [1.29, 1.82) is 0 Å². The Hall–Kier alpha value is -1.36. The Bertz CT molecular complexity index is 780. The van der Waals surface area contributed by atoms with Crippen LogP contribution < -0.4 is 4.83 Å². The number of fused-ring (bicyclic) bond motifs is 2. The van der Waals surface area contributed by atoms with Gasteiger partial charge in [0.05, 0.1) is 4.90 Å². The van der Waals surface area contributed by atoms with E-state index in [1.54, 1.807) is 12.1 Å². The predicted molar refractivity (Wildman–Crippen MR) is 88.3 cm³/mol. The molecule has 0 radical (unpaired) electrons. The summed E-state index contributed by atoms with van der Waals surface area (Å²) in [5.74, 6) is 4.74. The van der Waals surface area contributed by atoms with Gasteiger partial charge in [-0.15, -0.1) is 0 Å². The Kier molecular flexibility index (Phi) is 2.80. The van der Waals surface area contributed by atoms with Crippen LogP contribution in [0, 0.1) is 42.4 Å². The van der Waals surface area contributed by atoms with E-state index in [2.05, 4.69) is 9.93 Å². The first-order valence-electron chi connectivity index (χ1n) is 8.69. The molecule has 4 aliphatic carbocycles. The Balaban J connectivity index is 1.40. The number of sulfonamides is 1. The Morgan fingerprint density at radius 1 is 1.00 bits per heavy atom. The molecule has 4 nitrogen and oxygen atoms in total. The van der Waals surface area contributed by atoms with Gasteiger partial charge in [0, 0.05) is 11.6 Å². The molecule has 1 aromatic carbocycles. The molecule has 0 aromatic heterocycles. The minimum atomic E-state index is -3.55. The fourth-order valence-electron chi connectivity index (χ4n) is 6.18. The largest absolute Gasteiger partial charge is 0.276 e. The summed E-state index contributed by atoms with van der Waals surface area (Å²) in [6, 6.07) is 6.92. The van der Waals surface area contributed by atoms with E-state index in [9.17, 15) is 8.42 Å². The average Bonchev–Trinajstić information content (AvgIpc) is 3.15. The maximum absolute atomic E-state index is 12.4. The predicted octanol–water partition coefficient (Wildman–Crippen LogP) is 2.94. The van der Waals surface area contributed by atoms with Gasteiger partial charge >= 0.3 is 0 Å². The molecule has 4 aliphatic rings. The second-order valence-corrected chi connectivity index (χ2v) is 9.53. The fourth-order valence-corrected chi connectivity index (χ4v) is 7.02. The van der Waals surface area contributed by atoms with Gasteiger partial charge in [-0.25, -0.2) is 4.83 Å². The second kappa shape index (κ2) is 4.59. The third-order valence-electron chi connectivity index (χ3n) is 6.97. The molecule has 4 fully saturated rings. The molecule has 1 aromatic rings. The summed E-state index contributed by atoms with van der Waals surface area (Å²) in [6.07, 6.45) is 5.12. The molecule has 1 N–H and O–H groups in total. The van der Waals surface area contributed by atoms with Crippen LogP contribution in [0.15, 0.2) is 34.3 Å². The summed E-state index contributed by atoms with van der Waals surface area (Å²) in [4.78, 5) is 2.80. The first-order valence-corrected chi connectivity index (χ1v) is 10.2. The molecule has 6 atom stereocenters. The molecule has 0 saturated heterocycles. The van der Waals surface area contributed by atoms with Crippen LogP contribution in [0.4, 0.5) is 0 Å². The minimum absolute atomic E-state index is 0.291. The van der Waals surface area contributed by atoms with Crippen LogP contribution >= 0.6 is 0 Å². The zero-order valence-electron chi connectivity index (χ0n) is 13.3. The highest BCUT2D eigenvalue weighted by molar-refractivity contribution is 7.89. The lowest BCUT2D eigenvalue weighted by Gasteiger charge is -2.25. The minimum Gasteiger partial charge on any atom is -0.200 e. The topological polar surface area (TPSA) is 58.5 Å². The SMILES string of the molecule is Cc1ccc(S(=O)(=O)N/N=C2\C[C@@H]3[C@@H]4CC[C@@H]5[C@@H]4C[C@@H]3[C@H]25)cc1. The maximum atomic E-state index is 12.4. The molecule has 4 saturated carbocycles. The molecule has 5 rings (SSSR count). The van der Waals surface area contributed by atoms with Crippen molar-refractivity contribution in [3.8, 4) is 0 Å². The Morgan fingerprint density at radius 2 is 1.74 bits per heavy atom. The van der Waals surface area contributed by atoms with E-state index < -0.39 is 10.0 Å². The number of nitrogens with one attached hydrogen (secondary N) is 1. The normalized spacial score (nSPS) is 41.9. The van der Waals surface area contributed by atoms with Crippen molar-refractivity contribution < 1.29 is 8.42 Å². The van der Waals surface area contributed by atoms with Gasteiger partial charge in [-0.05, 0) is 74.3 Å². The number of rotatable bonds is 3. The molecule has 0 unspecified atom stereocenters. The van der Waals surface area contributed by atoms with Crippen molar-refractivity contribution in [2.45, 2.75) is 37.5 Å². The molecule has 0 aliphatic heterocycles.